The number of hydrogen-bond donors (Lipinski definition) is 1. The summed E-state index contributed by atoms with van der Waals surface area (Å²) in [7, 11) is 0. The number of carboxylic acids is 1. The van der Waals surface area contributed by atoms with Crippen LogP contribution < -0.4 is 4.74 Å². The molecule has 1 aliphatic heterocycles. The molecule has 0 saturated heterocycles. The molecule has 0 saturated carbocycles. The van der Waals surface area contributed by atoms with E-state index in [2.05, 4.69) is 6.08 Å². The molecule has 1 aromatic rings. The highest BCUT2D eigenvalue weighted by Crippen LogP contribution is 2.31. The van der Waals surface area contributed by atoms with Gasteiger partial charge in [0.1, 0.15) is 11.4 Å². The fraction of sp³-hybridized carbons (Fsp3) is 0.278. The third-order valence-corrected chi connectivity index (χ3v) is 3.27. The Balaban J connectivity index is 2.28. The second-order valence-corrected chi connectivity index (χ2v) is 5.58. The van der Waals surface area contributed by atoms with Crippen LogP contribution in [0.1, 0.15) is 38.3 Å². The van der Waals surface area contributed by atoms with E-state index >= 15 is 0 Å². The predicted molar refractivity (Wildman–Crippen MR) is 85.2 cm³/mol. The molecular formula is C18H20O3. The first-order valence-corrected chi connectivity index (χ1v) is 7.03. The van der Waals surface area contributed by atoms with E-state index in [1.54, 1.807) is 6.08 Å². The van der Waals surface area contributed by atoms with Crippen LogP contribution in [-0.4, -0.2) is 16.7 Å². The molecule has 0 aliphatic carbocycles. The van der Waals surface area contributed by atoms with Gasteiger partial charge in [-0.3, -0.25) is 0 Å². The standard InChI is InChI=1S/C18H20O3/c1-4-13(6-8-17(19)20)11-14-5-7-16-15(12-14)9-10-18(2,3)21-16/h5-12H,4H2,1-3H3,(H,19,20)/b8-6+,13-11+. The van der Waals surface area contributed by atoms with E-state index in [1.165, 1.54) is 6.08 Å². The smallest absolute Gasteiger partial charge is 0.328 e. The summed E-state index contributed by atoms with van der Waals surface area (Å²) >= 11 is 0. The van der Waals surface area contributed by atoms with E-state index in [-0.39, 0.29) is 5.60 Å². The Labute approximate surface area is 125 Å². The van der Waals surface area contributed by atoms with Crippen molar-refractivity contribution >= 4 is 18.1 Å². The average molecular weight is 284 g/mol. The Kier molecular flexibility index (Phi) is 4.32. The maximum absolute atomic E-state index is 10.6. The first-order chi connectivity index (χ1) is 9.89. The molecule has 1 aliphatic rings. The van der Waals surface area contributed by atoms with Crippen molar-refractivity contribution in [2.75, 3.05) is 0 Å². The van der Waals surface area contributed by atoms with Crippen LogP contribution in [-0.2, 0) is 4.79 Å². The van der Waals surface area contributed by atoms with Crippen LogP contribution in [0.3, 0.4) is 0 Å². The summed E-state index contributed by atoms with van der Waals surface area (Å²) in [4.78, 5) is 10.6. The number of benzene rings is 1. The van der Waals surface area contributed by atoms with Crippen LogP contribution in [0.25, 0.3) is 12.2 Å². The number of ether oxygens (including phenoxy) is 1. The van der Waals surface area contributed by atoms with Crippen molar-refractivity contribution in [1.29, 1.82) is 0 Å². The van der Waals surface area contributed by atoms with Gasteiger partial charge in [-0.25, -0.2) is 4.79 Å². The van der Waals surface area contributed by atoms with E-state index in [0.29, 0.717) is 0 Å². The number of allylic oxidation sites excluding steroid dienone is 2. The molecule has 1 aromatic carbocycles. The number of rotatable bonds is 4. The molecule has 21 heavy (non-hydrogen) atoms. The Morgan fingerprint density at radius 3 is 2.76 bits per heavy atom. The lowest BCUT2D eigenvalue weighted by Crippen LogP contribution is -2.27. The van der Waals surface area contributed by atoms with Gasteiger partial charge >= 0.3 is 5.97 Å². The minimum Gasteiger partial charge on any atom is -0.483 e. The van der Waals surface area contributed by atoms with Gasteiger partial charge in [0, 0.05) is 11.6 Å². The topological polar surface area (TPSA) is 46.5 Å². The second kappa shape index (κ2) is 6.00. The first kappa shape index (κ1) is 15.1. The zero-order valence-corrected chi connectivity index (χ0v) is 12.6. The number of carboxylic acid groups (broad SMARTS) is 1. The van der Waals surface area contributed by atoms with E-state index < -0.39 is 5.97 Å². The SMILES string of the molecule is CCC(/C=C/C(=O)O)=C\c1ccc2c(c1)C=CC(C)(C)O2. The van der Waals surface area contributed by atoms with Gasteiger partial charge in [0.05, 0.1) is 0 Å². The van der Waals surface area contributed by atoms with Crippen molar-refractivity contribution in [3.05, 3.63) is 53.1 Å². The van der Waals surface area contributed by atoms with Crippen LogP contribution in [0.4, 0.5) is 0 Å². The van der Waals surface area contributed by atoms with Crippen molar-refractivity contribution in [2.24, 2.45) is 0 Å². The normalized spacial score (nSPS) is 16.6. The van der Waals surface area contributed by atoms with E-state index in [9.17, 15) is 4.79 Å². The van der Waals surface area contributed by atoms with Crippen molar-refractivity contribution in [3.8, 4) is 5.75 Å². The fourth-order valence-electron chi connectivity index (χ4n) is 2.15. The van der Waals surface area contributed by atoms with E-state index in [0.717, 1.165) is 28.9 Å². The Morgan fingerprint density at radius 2 is 2.10 bits per heavy atom. The third-order valence-electron chi connectivity index (χ3n) is 3.27. The van der Waals surface area contributed by atoms with Gasteiger partial charge in [-0.05, 0) is 49.6 Å². The summed E-state index contributed by atoms with van der Waals surface area (Å²) in [6, 6.07) is 5.99. The molecule has 2 rings (SSSR count). The molecule has 0 atom stereocenters. The van der Waals surface area contributed by atoms with Crippen LogP contribution in [0.5, 0.6) is 5.75 Å². The second-order valence-electron chi connectivity index (χ2n) is 5.58. The van der Waals surface area contributed by atoms with Gasteiger partial charge in [-0.2, -0.15) is 0 Å². The van der Waals surface area contributed by atoms with Gasteiger partial charge in [0.2, 0.25) is 0 Å². The lowest BCUT2D eigenvalue weighted by Gasteiger charge is -2.27. The zero-order valence-electron chi connectivity index (χ0n) is 12.6. The van der Waals surface area contributed by atoms with Crippen LogP contribution in [0.15, 0.2) is 42.0 Å². The van der Waals surface area contributed by atoms with Gasteiger partial charge in [0.25, 0.3) is 0 Å². The Morgan fingerprint density at radius 1 is 1.33 bits per heavy atom. The molecule has 110 valence electrons. The third kappa shape index (κ3) is 4.09. The number of aliphatic carboxylic acids is 1. The predicted octanol–water partition coefficient (Wildman–Crippen LogP) is 4.31. The Bertz CT molecular complexity index is 634. The lowest BCUT2D eigenvalue weighted by atomic mass is 9.99. The number of carbonyl (C=O) groups is 1. The summed E-state index contributed by atoms with van der Waals surface area (Å²) in [6.07, 6.45) is 9.67. The fourth-order valence-corrected chi connectivity index (χ4v) is 2.15. The molecule has 3 heteroatoms. The Hall–Kier alpha value is -2.29. The summed E-state index contributed by atoms with van der Waals surface area (Å²) in [5.41, 5.74) is 2.77. The minimum atomic E-state index is -0.932. The monoisotopic (exact) mass is 284 g/mol. The van der Waals surface area contributed by atoms with E-state index in [1.807, 2.05) is 51.1 Å². The highest BCUT2D eigenvalue weighted by Gasteiger charge is 2.21. The lowest BCUT2D eigenvalue weighted by molar-refractivity contribution is -0.131. The number of fused-ring (bicyclic) bond motifs is 1. The maximum Gasteiger partial charge on any atom is 0.328 e. The van der Waals surface area contributed by atoms with Crippen LogP contribution in [0, 0.1) is 0 Å². The summed E-state index contributed by atoms with van der Waals surface area (Å²) in [5.74, 6) is -0.0582. The van der Waals surface area contributed by atoms with Crippen molar-refractivity contribution in [1.82, 2.24) is 0 Å². The molecule has 0 amide bonds. The minimum absolute atomic E-state index is 0.275. The maximum atomic E-state index is 10.6. The van der Waals surface area contributed by atoms with Gasteiger partial charge < -0.3 is 9.84 Å². The van der Waals surface area contributed by atoms with E-state index in [4.69, 9.17) is 9.84 Å². The molecule has 0 bridgehead atoms. The molecule has 0 aromatic heterocycles. The molecule has 1 N–H and O–H groups in total. The van der Waals surface area contributed by atoms with Gasteiger partial charge in [-0.15, -0.1) is 0 Å². The molecule has 0 fully saturated rings. The highest BCUT2D eigenvalue weighted by atomic mass is 16.5. The molecule has 0 spiro atoms. The molecular weight excluding hydrogens is 264 g/mol. The molecule has 1 heterocycles. The van der Waals surface area contributed by atoms with Crippen LogP contribution in [0.2, 0.25) is 0 Å². The quantitative estimate of drug-likeness (QED) is 0.662. The molecule has 3 nitrogen and oxygen atoms in total. The summed E-state index contributed by atoms with van der Waals surface area (Å²) < 4.78 is 5.89. The molecule has 0 unspecified atom stereocenters. The average Bonchev–Trinajstić information content (AvgIpc) is 2.42. The zero-order chi connectivity index (χ0) is 15.5. The van der Waals surface area contributed by atoms with Crippen LogP contribution >= 0.6 is 0 Å². The molecule has 0 radical (unpaired) electrons. The van der Waals surface area contributed by atoms with Crippen molar-refractivity contribution in [2.45, 2.75) is 32.8 Å². The van der Waals surface area contributed by atoms with Gasteiger partial charge in [0.15, 0.2) is 0 Å². The summed E-state index contributed by atoms with van der Waals surface area (Å²) in [6.45, 7) is 6.04. The summed E-state index contributed by atoms with van der Waals surface area (Å²) in [5, 5.41) is 8.69. The highest BCUT2D eigenvalue weighted by molar-refractivity contribution is 5.81. The number of hydrogen-bond acceptors (Lipinski definition) is 2. The first-order valence-electron chi connectivity index (χ1n) is 7.03. The van der Waals surface area contributed by atoms with Gasteiger partial charge in [-0.1, -0.05) is 31.2 Å². The van der Waals surface area contributed by atoms with Crippen molar-refractivity contribution in [3.63, 3.8) is 0 Å². The largest absolute Gasteiger partial charge is 0.483 e. The van der Waals surface area contributed by atoms with Crippen molar-refractivity contribution < 1.29 is 14.6 Å².